The standard InChI is InChI=1S/C5H14N2P/c1-7(2)5-3-4-6-8-7/h6,8H,3-5H2,1-2H3/q+1. The van der Waals surface area contributed by atoms with E-state index in [1.54, 1.807) is 0 Å². The van der Waals surface area contributed by atoms with Crippen LogP contribution >= 0.6 is 8.88 Å². The van der Waals surface area contributed by atoms with E-state index in [0.29, 0.717) is 0 Å². The van der Waals surface area contributed by atoms with Gasteiger partial charge in [-0.05, 0) is 0 Å². The topological polar surface area (TPSA) is 12.0 Å². The van der Waals surface area contributed by atoms with Crippen molar-refractivity contribution in [3.63, 3.8) is 0 Å². The summed E-state index contributed by atoms with van der Waals surface area (Å²) < 4.78 is 1.17. The maximum absolute atomic E-state index is 3.38. The van der Waals surface area contributed by atoms with Crippen molar-refractivity contribution >= 4 is 8.88 Å². The van der Waals surface area contributed by atoms with Crippen LogP contribution in [0.25, 0.3) is 0 Å². The Morgan fingerprint density at radius 3 is 2.50 bits per heavy atom. The summed E-state index contributed by atoms with van der Waals surface area (Å²) in [6.07, 6.45) is 1.33. The Labute approximate surface area is 52.7 Å². The SMILES string of the molecule is C[N+]1(C)CCCNP1. The molecule has 1 fully saturated rings. The van der Waals surface area contributed by atoms with Crippen LogP contribution in [0.15, 0.2) is 0 Å². The Morgan fingerprint density at radius 2 is 2.25 bits per heavy atom. The van der Waals surface area contributed by atoms with Gasteiger partial charge in [0.05, 0.1) is 20.6 Å². The molecule has 0 amide bonds. The van der Waals surface area contributed by atoms with E-state index in [-0.39, 0.29) is 0 Å². The van der Waals surface area contributed by atoms with Gasteiger partial charge < -0.3 is 4.25 Å². The maximum atomic E-state index is 3.38. The van der Waals surface area contributed by atoms with Gasteiger partial charge in [0.2, 0.25) is 0 Å². The zero-order valence-electron chi connectivity index (χ0n) is 5.57. The van der Waals surface area contributed by atoms with Crippen LogP contribution in [-0.2, 0) is 0 Å². The molecule has 1 aliphatic rings. The molecule has 0 aromatic rings. The molecule has 0 spiro atoms. The van der Waals surface area contributed by atoms with Crippen LogP contribution in [0.4, 0.5) is 0 Å². The van der Waals surface area contributed by atoms with Gasteiger partial charge in [0.25, 0.3) is 0 Å². The van der Waals surface area contributed by atoms with E-state index in [2.05, 4.69) is 19.2 Å². The van der Waals surface area contributed by atoms with Crippen molar-refractivity contribution in [2.24, 2.45) is 0 Å². The Bertz CT molecular complexity index is 74.5. The molecule has 1 rings (SSSR count). The van der Waals surface area contributed by atoms with Crippen molar-refractivity contribution in [3.8, 4) is 0 Å². The van der Waals surface area contributed by atoms with Gasteiger partial charge in [-0.15, -0.1) is 0 Å². The molecule has 0 saturated carbocycles. The summed E-state index contributed by atoms with van der Waals surface area (Å²) >= 11 is 0. The first-order chi connectivity index (χ1) is 3.71. The molecule has 0 radical (unpaired) electrons. The van der Waals surface area contributed by atoms with Crippen LogP contribution in [0.5, 0.6) is 0 Å². The normalized spacial score (nSPS) is 30.8. The molecule has 8 heavy (non-hydrogen) atoms. The third-order valence-corrected chi connectivity index (χ3v) is 2.64. The van der Waals surface area contributed by atoms with E-state index in [4.69, 9.17) is 0 Å². The quantitative estimate of drug-likeness (QED) is 0.476. The average molecular weight is 133 g/mol. The van der Waals surface area contributed by atoms with E-state index in [0.717, 1.165) is 8.88 Å². The van der Waals surface area contributed by atoms with Gasteiger partial charge in [-0.2, -0.15) is 0 Å². The van der Waals surface area contributed by atoms with Gasteiger partial charge in [-0.1, -0.05) is 0 Å². The minimum absolute atomic E-state index is 0.916. The summed E-state index contributed by atoms with van der Waals surface area (Å²) in [5.74, 6) is 0. The van der Waals surface area contributed by atoms with Crippen LogP contribution in [-0.4, -0.2) is 31.4 Å². The van der Waals surface area contributed by atoms with Gasteiger partial charge in [0, 0.05) is 13.0 Å². The third-order valence-electron chi connectivity index (χ3n) is 1.40. The summed E-state index contributed by atoms with van der Waals surface area (Å²) in [7, 11) is 5.45. The molecule has 48 valence electrons. The highest BCUT2D eigenvalue weighted by Crippen LogP contribution is 2.23. The highest BCUT2D eigenvalue weighted by atomic mass is 31.1. The number of nitrogens with one attached hydrogen (secondary N) is 1. The van der Waals surface area contributed by atoms with E-state index in [9.17, 15) is 0 Å². The molecule has 1 atom stereocenters. The van der Waals surface area contributed by atoms with Crippen LogP contribution in [0, 0.1) is 0 Å². The first kappa shape index (κ1) is 6.47. The fourth-order valence-electron chi connectivity index (χ4n) is 0.889. The predicted molar refractivity (Wildman–Crippen MR) is 37.9 cm³/mol. The summed E-state index contributed by atoms with van der Waals surface area (Å²) in [6, 6.07) is 0. The van der Waals surface area contributed by atoms with E-state index >= 15 is 0 Å². The molecule has 0 aromatic heterocycles. The summed E-state index contributed by atoms with van der Waals surface area (Å²) in [6.45, 7) is 2.56. The lowest BCUT2D eigenvalue weighted by molar-refractivity contribution is -0.763. The van der Waals surface area contributed by atoms with Crippen molar-refractivity contribution < 1.29 is 4.25 Å². The number of hydrogen-bond donors (Lipinski definition) is 1. The lowest BCUT2D eigenvalue weighted by Gasteiger charge is -2.32. The zero-order valence-corrected chi connectivity index (χ0v) is 6.57. The molecule has 2 nitrogen and oxygen atoms in total. The first-order valence-electron chi connectivity index (χ1n) is 3.04. The fourth-order valence-corrected chi connectivity index (χ4v) is 1.88. The minimum Gasteiger partial charge on any atom is -0.304 e. The van der Waals surface area contributed by atoms with E-state index in [1.807, 2.05) is 0 Å². The number of rotatable bonds is 0. The van der Waals surface area contributed by atoms with Gasteiger partial charge in [0.15, 0.2) is 8.88 Å². The average Bonchev–Trinajstić information content (AvgIpc) is 1.65. The van der Waals surface area contributed by atoms with Crippen molar-refractivity contribution in [3.05, 3.63) is 0 Å². The first-order valence-corrected chi connectivity index (χ1v) is 3.99. The highest BCUT2D eigenvalue weighted by molar-refractivity contribution is 7.28. The molecular weight excluding hydrogens is 119 g/mol. The lowest BCUT2D eigenvalue weighted by atomic mass is 10.4. The second-order valence-electron chi connectivity index (χ2n) is 2.80. The van der Waals surface area contributed by atoms with Crippen LogP contribution < -0.4 is 5.09 Å². The van der Waals surface area contributed by atoms with Crippen molar-refractivity contribution in [1.29, 1.82) is 0 Å². The van der Waals surface area contributed by atoms with E-state index in [1.165, 1.54) is 23.8 Å². The molecular formula is C5H14N2P+. The van der Waals surface area contributed by atoms with Crippen molar-refractivity contribution in [1.82, 2.24) is 5.09 Å². The Balaban J connectivity index is 2.33. The van der Waals surface area contributed by atoms with E-state index < -0.39 is 0 Å². The smallest absolute Gasteiger partial charge is 0.167 e. The minimum atomic E-state index is 0.916. The Kier molecular flexibility index (Phi) is 1.86. The van der Waals surface area contributed by atoms with Gasteiger partial charge in [-0.25, -0.2) is 0 Å². The highest BCUT2D eigenvalue weighted by Gasteiger charge is 2.18. The largest absolute Gasteiger partial charge is 0.304 e. The molecule has 0 aromatic carbocycles. The zero-order chi connectivity index (χ0) is 6.04. The summed E-state index contributed by atoms with van der Waals surface area (Å²) in [4.78, 5) is 0. The van der Waals surface area contributed by atoms with Gasteiger partial charge in [0.1, 0.15) is 0 Å². The molecule has 0 aliphatic carbocycles. The van der Waals surface area contributed by atoms with Crippen LogP contribution in [0.3, 0.4) is 0 Å². The maximum Gasteiger partial charge on any atom is 0.167 e. The van der Waals surface area contributed by atoms with Gasteiger partial charge >= 0.3 is 0 Å². The second kappa shape index (κ2) is 2.30. The molecule has 1 aliphatic heterocycles. The van der Waals surface area contributed by atoms with Gasteiger partial charge in [-0.3, -0.25) is 5.09 Å². The third kappa shape index (κ3) is 1.70. The second-order valence-corrected chi connectivity index (χ2v) is 4.59. The number of hydrogen-bond acceptors (Lipinski definition) is 1. The molecule has 1 heterocycles. The number of nitrogens with zero attached hydrogens (tertiary/aromatic N) is 1. The van der Waals surface area contributed by atoms with Crippen LogP contribution in [0.1, 0.15) is 6.42 Å². The molecule has 1 unspecified atom stereocenters. The predicted octanol–water partition coefficient (Wildman–Crippen LogP) is 0.565. The lowest BCUT2D eigenvalue weighted by Crippen LogP contribution is -2.39. The molecule has 1 saturated heterocycles. The Hall–Kier alpha value is 0.350. The monoisotopic (exact) mass is 133 g/mol. The fraction of sp³-hybridized carbons (Fsp3) is 1.00. The van der Waals surface area contributed by atoms with Crippen LogP contribution in [0.2, 0.25) is 0 Å². The molecule has 1 N–H and O–H groups in total. The Morgan fingerprint density at radius 1 is 1.50 bits per heavy atom. The summed E-state index contributed by atoms with van der Waals surface area (Å²) in [5, 5.41) is 3.38. The molecule has 3 heteroatoms. The van der Waals surface area contributed by atoms with Crippen molar-refractivity contribution in [2.45, 2.75) is 6.42 Å². The van der Waals surface area contributed by atoms with Crippen molar-refractivity contribution in [2.75, 3.05) is 27.2 Å². The summed E-state index contributed by atoms with van der Waals surface area (Å²) in [5.41, 5.74) is 0. The molecule has 0 bridgehead atoms. The number of quaternary nitrogens is 1.